The van der Waals surface area contributed by atoms with Crippen LogP contribution in [0.15, 0.2) is 121 Å². The Balaban J connectivity index is 1.64. The lowest BCUT2D eigenvalue weighted by Crippen LogP contribution is -2.06. The molecule has 0 aliphatic heterocycles. The summed E-state index contributed by atoms with van der Waals surface area (Å²) in [5, 5.41) is 17.2. The molecule has 0 amide bonds. The molecule has 0 unspecified atom stereocenters. The topological polar surface area (TPSA) is 38.0 Å². The van der Waals surface area contributed by atoms with Crippen LogP contribution in [0, 0.1) is 17.9 Å². The van der Waals surface area contributed by atoms with Crippen LogP contribution >= 0.6 is 0 Å². The molecule has 2 aromatic heterocycles. The van der Waals surface area contributed by atoms with Gasteiger partial charge in [-0.15, -0.1) is 0 Å². The van der Waals surface area contributed by atoms with Gasteiger partial charge in [0.25, 0.3) is 0 Å². The third kappa shape index (κ3) is 2.93. The second kappa shape index (κ2) is 8.33. The van der Waals surface area contributed by atoms with Gasteiger partial charge in [-0.3, -0.25) is 0 Å². The molecule has 8 rings (SSSR count). The fourth-order valence-corrected chi connectivity index (χ4v) is 6.26. The van der Waals surface area contributed by atoms with E-state index in [1.807, 2.05) is 36.4 Å². The van der Waals surface area contributed by atoms with Crippen molar-refractivity contribution in [3.8, 4) is 17.4 Å². The van der Waals surface area contributed by atoms with Gasteiger partial charge in [0.2, 0.25) is 5.69 Å². The molecule has 0 N–H and O–H groups in total. The third-order valence-electron chi connectivity index (χ3n) is 7.94. The van der Waals surface area contributed by atoms with Crippen LogP contribution < -0.4 is 0 Å². The Morgan fingerprint density at radius 3 is 1.60 bits per heavy atom. The first kappa shape index (κ1) is 22.2. The zero-order chi connectivity index (χ0) is 26.8. The molecule has 184 valence electrons. The summed E-state index contributed by atoms with van der Waals surface area (Å²) in [5.74, 6) is 0. The fraction of sp³-hybridized carbons (Fsp3) is 0. The van der Waals surface area contributed by atoms with Gasteiger partial charge >= 0.3 is 0 Å². The van der Waals surface area contributed by atoms with E-state index < -0.39 is 0 Å². The molecular formula is C36H20N4. The van der Waals surface area contributed by atoms with E-state index in [1.54, 1.807) is 12.1 Å². The van der Waals surface area contributed by atoms with Crippen LogP contribution in [-0.4, -0.2) is 9.13 Å². The summed E-state index contributed by atoms with van der Waals surface area (Å²) in [7, 11) is 0. The van der Waals surface area contributed by atoms with Gasteiger partial charge in [0, 0.05) is 21.5 Å². The van der Waals surface area contributed by atoms with Crippen molar-refractivity contribution in [2.45, 2.75) is 0 Å². The number of fused-ring (bicyclic) bond motifs is 7. The van der Waals surface area contributed by atoms with Crippen LogP contribution in [0.2, 0.25) is 0 Å². The van der Waals surface area contributed by atoms with Gasteiger partial charge < -0.3 is 9.13 Å². The lowest BCUT2D eigenvalue weighted by molar-refractivity contribution is 1.09. The highest BCUT2D eigenvalue weighted by Crippen LogP contribution is 2.43. The molecule has 6 aromatic carbocycles. The van der Waals surface area contributed by atoms with Crippen molar-refractivity contribution < 1.29 is 0 Å². The Bertz CT molecular complexity index is 2350. The van der Waals surface area contributed by atoms with E-state index in [0.717, 1.165) is 54.4 Å². The number of rotatable bonds is 2. The van der Waals surface area contributed by atoms with Crippen LogP contribution in [0.5, 0.6) is 0 Å². The second-order valence-corrected chi connectivity index (χ2v) is 9.99. The molecule has 2 heterocycles. The Kier molecular flexibility index (Phi) is 4.62. The quantitative estimate of drug-likeness (QED) is 0.214. The SMILES string of the molecule is [C-]#[N+]c1ccc(C#N)c(-n2c3ccccc3c3ccccc32)c1-n1c2ccccc2c2cc3ccccc3cc21. The number of nitrogens with zero attached hydrogens (tertiary/aromatic N) is 4. The van der Waals surface area contributed by atoms with Gasteiger partial charge in [-0.2, -0.15) is 5.26 Å². The van der Waals surface area contributed by atoms with E-state index in [-0.39, 0.29) is 0 Å². The molecular weight excluding hydrogens is 488 g/mol. The van der Waals surface area contributed by atoms with Crippen molar-refractivity contribution in [1.29, 1.82) is 5.26 Å². The van der Waals surface area contributed by atoms with Crippen molar-refractivity contribution in [3.05, 3.63) is 138 Å². The zero-order valence-electron chi connectivity index (χ0n) is 21.3. The van der Waals surface area contributed by atoms with Gasteiger partial charge in [0.1, 0.15) is 6.07 Å². The molecule has 0 fully saturated rings. The summed E-state index contributed by atoms with van der Waals surface area (Å²) in [6.07, 6.45) is 0. The van der Waals surface area contributed by atoms with Crippen molar-refractivity contribution in [1.82, 2.24) is 9.13 Å². The highest BCUT2D eigenvalue weighted by Gasteiger charge is 2.24. The number of para-hydroxylation sites is 3. The van der Waals surface area contributed by atoms with Crippen LogP contribution in [0.1, 0.15) is 5.56 Å². The first-order valence-corrected chi connectivity index (χ1v) is 13.1. The molecule has 0 saturated heterocycles. The average molecular weight is 509 g/mol. The molecule has 0 atom stereocenters. The maximum Gasteiger partial charge on any atom is 0.212 e. The van der Waals surface area contributed by atoms with Gasteiger partial charge in [-0.25, -0.2) is 4.85 Å². The van der Waals surface area contributed by atoms with Gasteiger partial charge in [-0.05, 0) is 41.1 Å². The Hall–Kier alpha value is -5.84. The molecule has 4 heteroatoms. The summed E-state index contributed by atoms with van der Waals surface area (Å²) >= 11 is 0. The van der Waals surface area contributed by atoms with Crippen LogP contribution in [-0.2, 0) is 0 Å². The molecule has 0 aliphatic rings. The van der Waals surface area contributed by atoms with Gasteiger partial charge in [-0.1, -0.05) is 91.0 Å². The largest absolute Gasteiger partial charge is 0.317 e. The molecule has 0 bridgehead atoms. The molecule has 8 aromatic rings. The second-order valence-electron chi connectivity index (χ2n) is 9.99. The fourth-order valence-electron chi connectivity index (χ4n) is 6.26. The van der Waals surface area contributed by atoms with Crippen LogP contribution in [0.3, 0.4) is 0 Å². The smallest absolute Gasteiger partial charge is 0.212 e. The molecule has 4 nitrogen and oxygen atoms in total. The Labute approximate surface area is 230 Å². The minimum absolute atomic E-state index is 0.492. The molecule has 0 aliphatic carbocycles. The molecule has 0 saturated carbocycles. The van der Waals surface area contributed by atoms with Crippen molar-refractivity contribution in [2.24, 2.45) is 0 Å². The maximum atomic E-state index is 10.5. The molecule has 40 heavy (non-hydrogen) atoms. The standard InChI is InChI=1S/C36H20N4/c1-38-30-19-18-25(22-37)35(39-31-15-7-4-12-26(31)27-13-5-8-16-32(27)39)36(30)40-33-17-9-6-14-28(33)29-20-23-10-2-3-11-24(23)21-34(29)40/h2-21H. The predicted octanol–water partition coefficient (Wildman–Crippen LogP) is 9.46. The van der Waals surface area contributed by atoms with Crippen molar-refractivity contribution in [3.63, 3.8) is 0 Å². The lowest BCUT2D eigenvalue weighted by Gasteiger charge is -2.19. The first-order valence-electron chi connectivity index (χ1n) is 13.1. The number of nitriles is 1. The van der Waals surface area contributed by atoms with Crippen LogP contribution in [0.4, 0.5) is 5.69 Å². The highest BCUT2D eigenvalue weighted by atomic mass is 15.1. The van der Waals surface area contributed by atoms with Crippen molar-refractivity contribution >= 4 is 60.1 Å². The molecule has 0 radical (unpaired) electrons. The average Bonchev–Trinajstić information content (AvgIpc) is 3.51. The van der Waals surface area contributed by atoms with E-state index in [0.29, 0.717) is 22.6 Å². The lowest BCUT2D eigenvalue weighted by atomic mass is 10.1. The first-order chi connectivity index (χ1) is 19.8. The van der Waals surface area contributed by atoms with Crippen molar-refractivity contribution in [2.75, 3.05) is 0 Å². The minimum Gasteiger partial charge on any atom is -0.317 e. The van der Waals surface area contributed by atoms with Crippen LogP contribution in [0.25, 0.3) is 70.6 Å². The molecule has 0 spiro atoms. The summed E-state index contributed by atoms with van der Waals surface area (Å²) in [6.45, 7) is 8.23. The van der Waals surface area contributed by atoms with E-state index in [4.69, 9.17) is 6.57 Å². The summed E-state index contributed by atoms with van der Waals surface area (Å²) < 4.78 is 4.35. The number of hydrogen-bond donors (Lipinski definition) is 0. The Morgan fingerprint density at radius 2 is 1.02 bits per heavy atom. The predicted molar refractivity (Wildman–Crippen MR) is 164 cm³/mol. The summed E-state index contributed by atoms with van der Waals surface area (Å²) in [6, 6.07) is 43.6. The zero-order valence-corrected chi connectivity index (χ0v) is 21.3. The van der Waals surface area contributed by atoms with E-state index in [1.165, 1.54) is 0 Å². The number of hydrogen-bond acceptors (Lipinski definition) is 1. The normalized spacial score (nSPS) is 11.4. The minimum atomic E-state index is 0.492. The van der Waals surface area contributed by atoms with Gasteiger partial charge in [0.05, 0.1) is 45.6 Å². The van der Waals surface area contributed by atoms with E-state index >= 15 is 0 Å². The third-order valence-corrected chi connectivity index (χ3v) is 7.94. The monoisotopic (exact) mass is 508 g/mol. The highest BCUT2D eigenvalue weighted by molar-refractivity contribution is 6.15. The Morgan fingerprint density at radius 1 is 0.525 bits per heavy atom. The number of aromatic nitrogens is 2. The summed E-state index contributed by atoms with van der Waals surface area (Å²) in [4.78, 5) is 4.01. The van der Waals surface area contributed by atoms with Gasteiger partial charge in [0.15, 0.2) is 0 Å². The summed E-state index contributed by atoms with van der Waals surface area (Å²) in [5.41, 5.74) is 6.42. The maximum absolute atomic E-state index is 10.5. The number of benzene rings is 6. The van der Waals surface area contributed by atoms with E-state index in [9.17, 15) is 5.26 Å². The van der Waals surface area contributed by atoms with E-state index in [2.05, 4.69) is 92.8 Å².